The topological polar surface area (TPSA) is 15.8 Å². The second-order valence-electron chi connectivity index (χ2n) is 6.31. The highest BCUT2D eigenvalue weighted by molar-refractivity contribution is 5.81. The zero-order valence-electron chi connectivity index (χ0n) is 12.8. The Morgan fingerprint density at radius 1 is 0.696 bits per heavy atom. The van der Waals surface area contributed by atoms with Crippen molar-refractivity contribution >= 4 is 10.9 Å². The predicted octanol–water partition coefficient (Wildman–Crippen LogP) is 5.52. The maximum Gasteiger partial charge on any atom is 0.0456 e. The van der Waals surface area contributed by atoms with Gasteiger partial charge in [0.1, 0.15) is 0 Å². The summed E-state index contributed by atoms with van der Waals surface area (Å²) in [5.41, 5.74) is 8.22. The van der Waals surface area contributed by atoms with Crippen molar-refractivity contribution in [1.29, 1.82) is 0 Å². The smallest absolute Gasteiger partial charge is 0.0456 e. The molecular weight excluding hydrogens is 278 g/mol. The molecule has 5 rings (SSSR count). The molecule has 1 heterocycles. The van der Waals surface area contributed by atoms with Crippen molar-refractivity contribution in [2.24, 2.45) is 0 Å². The SMILES string of the molecule is c1ccc2c(c1)-c1ccccc1C2Cc1cc2ccccc2[nH]1. The molecule has 1 aromatic heterocycles. The van der Waals surface area contributed by atoms with Crippen LogP contribution < -0.4 is 0 Å². The molecule has 1 nitrogen and oxygen atoms in total. The van der Waals surface area contributed by atoms with E-state index in [0.29, 0.717) is 5.92 Å². The Morgan fingerprint density at radius 3 is 2.00 bits per heavy atom. The minimum Gasteiger partial charge on any atom is -0.358 e. The van der Waals surface area contributed by atoms with Crippen molar-refractivity contribution in [2.45, 2.75) is 12.3 Å². The van der Waals surface area contributed by atoms with Crippen molar-refractivity contribution in [3.63, 3.8) is 0 Å². The molecule has 1 aliphatic rings. The lowest BCUT2D eigenvalue weighted by Gasteiger charge is -2.12. The van der Waals surface area contributed by atoms with E-state index in [0.717, 1.165) is 6.42 Å². The van der Waals surface area contributed by atoms with Gasteiger partial charge >= 0.3 is 0 Å². The van der Waals surface area contributed by atoms with E-state index in [4.69, 9.17) is 0 Å². The van der Waals surface area contributed by atoms with Crippen LogP contribution in [0.2, 0.25) is 0 Å². The first-order valence-electron chi connectivity index (χ1n) is 8.15. The summed E-state index contributed by atoms with van der Waals surface area (Å²) in [5, 5.41) is 1.29. The van der Waals surface area contributed by atoms with Crippen LogP contribution in [0.15, 0.2) is 78.9 Å². The van der Waals surface area contributed by atoms with Gasteiger partial charge in [-0.3, -0.25) is 0 Å². The Hall–Kier alpha value is -2.80. The van der Waals surface area contributed by atoms with Crippen LogP contribution in [0.25, 0.3) is 22.0 Å². The number of hydrogen-bond donors (Lipinski definition) is 1. The number of nitrogens with one attached hydrogen (secondary N) is 1. The molecule has 0 amide bonds. The summed E-state index contributed by atoms with van der Waals surface area (Å²) in [7, 11) is 0. The third-order valence-electron chi connectivity index (χ3n) is 4.97. The number of benzene rings is 3. The fourth-order valence-corrected chi connectivity index (χ4v) is 3.94. The summed E-state index contributed by atoms with van der Waals surface area (Å²) < 4.78 is 0. The Morgan fingerprint density at radius 2 is 1.30 bits per heavy atom. The van der Waals surface area contributed by atoms with Gasteiger partial charge in [0.15, 0.2) is 0 Å². The first-order valence-corrected chi connectivity index (χ1v) is 8.15. The van der Waals surface area contributed by atoms with Crippen LogP contribution in [-0.4, -0.2) is 4.98 Å². The van der Waals surface area contributed by atoms with Crippen molar-refractivity contribution in [3.8, 4) is 11.1 Å². The van der Waals surface area contributed by atoms with E-state index in [1.165, 1.54) is 38.9 Å². The average Bonchev–Trinajstić information content (AvgIpc) is 3.15. The lowest BCUT2D eigenvalue weighted by Crippen LogP contribution is -2.01. The largest absolute Gasteiger partial charge is 0.358 e. The Labute approximate surface area is 135 Å². The molecule has 0 unspecified atom stereocenters. The maximum absolute atomic E-state index is 3.58. The van der Waals surface area contributed by atoms with Crippen LogP contribution in [0.1, 0.15) is 22.7 Å². The number of aromatic amines is 1. The summed E-state index contributed by atoms with van der Waals surface area (Å²) in [6.07, 6.45) is 1.02. The van der Waals surface area contributed by atoms with Crippen LogP contribution in [0, 0.1) is 0 Å². The highest BCUT2D eigenvalue weighted by atomic mass is 14.7. The lowest BCUT2D eigenvalue weighted by atomic mass is 9.92. The molecule has 23 heavy (non-hydrogen) atoms. The van der Waals surface area contributed by atoms with Gasteiger partial charge in [-0.15, -0.1) is 0 Å². The number of fused-ring (bicyclic) bond motifs is 4. The number of hydrogen-bond acceptors (Lipinski definition) is 0. The molecule has 0 bridgehead atoms. The number of aromatic nitrogens is 1. The molecule has 110 valence electrons. The van der Waals surface area contributed by atoms with Crippen molar-refractivity contribution in [2.75, 3.05) is 0 Å². The third-order valence-corrected chi connectivity index (χ3v) is 4.97. The zero-order valence-corrected chi connectivity index (χ0v) is 12.8. The van der Waals surface area contributed by atoms with Crippen molar-refractivity contribution in [3.05, 3.63) is 95.7 Å². The molecule has 1 N–H and O–H groups in total. The quantitative estimate of drug-likeness (QED) is 0.501. The van der Waals surface area contributed by atoms with Gasteiger partial charge in [-0.05, 0) is 46.2 Å². The van der Waals surface area contributed by atoms with Crippen LogP contribution in [0.4, 0.5) is 0 Å². The minimum atomic E-state index is 0.440. The summed E-state index contributed by atoms with van der Waals surface area (Å²) in [5.74, 6) is 0.440. The van der Waals surface area contributed by atoms with E-state index in [1.807, 2.05) is 0 Å². The number of rotatable bonds is 2. The second kappa shape index (κ2) is 4.85. The molecular formula is C22H17N. The van der Waals surface area contributed by atoms with Gasteiger partial charge in [-0.25, -0.2) is 0 Å². The summed E-state index contributed by atoms with van der Waals surface area (Å²) in [6.45, 7) is 0. The maximum atomic E-state index is 3.58. The average molecular weight is 295 g/mol. The van der Waals surface area contributed by atoms with Gasteiger partial charge in [-0.1, -0.05) is 66.7 Å². The minimum absolute atomic E-state index is 0.440. The summed E-state index contributed by atoms with van der Waals surface area (Å²) in [4.78, 5) is 3.58. The molecule has 1 heteroatoms. The van der Waals surface area contributed by atoms with Gasteiger partial charge in [0.25, 0.3) is 0 Å². The van der Waals surface area contributed by atoms with E-state index < -0.39 is 0 Å². The van der Waals surface area contributed by atoms with E-state index >= 15 is 0 Å². The standard InChI is InChI=1S/C22H17N/c1-6-12-22-15(7-1)13-16(23-22)14-21-19-10-4-2-8-17(19)18-9-3-5-11-20(18)21/h1-13,21,23H,14H2. The fourth-order valence-electron chi connectivity index (χ4n) is 3.94. The first-order chi connectivity index (χ1) is 11.4. The van der Waals surface area contributed by atoms with E-state index in [-0.39, 0.29) is 0 Å². The highest BCUT2D eigenvalue weighted by Gasteiger charge is 2.28. The molecule has 0 radical (unpaired) electrons. The highest BCUT2D eigenvalue weighted by Crippen LogP contribution is 2.45. The normalized spacial score (nSPS) is 13.2. The molecule has 0 fully saturated rings. The first kappa shape index (κ1) is 12.7. The van der Waals surface area contributed by atoms with Gasteiger partial charge in [-0.2, -0.15) is 0 Å². The van der Waals surface area contributed by atoms with Gasteiger partial charge < -0.3 is 4.98 Å². The third kappa shape index (κ3) is 1.93. The van der Waals surface area contributed by atoms with Gasteiger partial charge in [0, 0.05) is 17.1 Å². The van der Waals surface area contributed by atoms with E-state index in [2.05, 4.69) is 83.8 Å². The predicted molar refractivity (Wildman–Crippen MR) is 95.7 cm³/mol. The lowest BCUT2D eigenvalue weighted by molar-refractivity contribution is 0.810. The van der Waals surface area contributed by atoms with Crippen molar-refractivity contribution < 1.29 is 0 Å². The zero-order chi connectivity index (χ0) is 15.2. The molecule has 3 aromatic carbocycles. The molecule has 0 atom stereocenters. The molecule has 1 aliphatic carbocycles. The molecule has 4 aromatic rings. The van der Waals surface area contributed by atoms with Crippen LogP contribution in [0.5, 0.6) is 0 Å². The number of para-hydroxylation sites is 1. The Kier molecular flexibility index (Phi) is 2.68. The number of H-pyrrole nitrogens is 1. The van der Waals surface area contributed by atoms with Gasteiger partial charge in [0.2, 0.25) is 0 Å². The van der Waals surface area contributed by atoms with Crippen molar-refractivity contribution in [1.82, 2.24) is 4.98 Å². The van der Waals surface area contributed by atoms with Crippen LogP contribution >= 0.6 is 0 Å². The van der Waals surface area contributed by atoms with Gasteiger partial charge in [0.05, 0.1) is 0 Å². The molecule has 0 spiro atoms. The fraction of sp³-hybridized carbons (Fsp3) is 0.0909. The molecule has 0 saturated heterocycles. The second-order valence-corrected chi connectivity index (χ2v) is 6.31. The van der Waals surface area contributed by atoms with E-state index in [9.17, 15) is 0 Å². The van der Waals surface area contributed by atoms with E-state index in [1.54, 1.807) is 0 Å². The van der Waals surface area contributed by atoms with Crippen LogP contribution in [0.3, 0.4) is 0 Å². The Bertz CT molecular complexity index is 931. The summed E-state index contributed by atoms with van der Waals surface area (Å²) in [6, 6.07) is 28.4. The summed E-state index contributed by atoms with van der Waals surface area (Å²) >= 11 is 0. The van der Waals surface area contributed by atoms with Crippen LogP contribution in [-0.2, 0) is 6.42 Å². The monoisotopic (exact) mass is 295 g/mol. The molecule has 0 saturated carbocycles. The Balaban J connectivity index is 1.62. The molecule has 0 aliphatic heterocycles.